The molecule has 0 aliphatic carbocycles. The lowest BCUT2D eigenvalue weighted by Gasteiger charge is -2.44. The first-order valence-corrected chi connectivity index (χ1v) is 10.5. The molecule has 0 radical (unpaired) electrons. The number of carbonyl (C=O) groups is 1. The summed E-state index contributed by atoms with van der Waals surface area (Å²) in [7, 11) is -3.92. The first-order valence-electron chi connectivity index (χ1n) is 9.02. The van der Waals surface area contributed by atoms with Gasteiger partial charge in [-0.15, -0.1) is 0 Å². The molecule has 1 amide bonds. The standard InChI is InChI=1S/C18H28FN3O3S/c1-5-20(6-2)18(23)13-21-11-12-22(15(4)14(21)3)26(24,25)17-10-8-7-9-16(17)19/h7-10,14-15H,5-6,11-13H2,1-4H3/t14-,15-/m1/s1. The molecule has 1 aliphatic rings. The molecule has 1 aromatic carbocycles. The number of rotatable bonds is 6. The van der Waals surface area contributed by atoms with E-state index in [0.717, 1.165) is 6.07 Å². The molecule has 1 aliphatic heterocycles. The van der Waals surface area contributed by atoms with E-state index in [-0.39, 0.29) is 36.0 Å². The third-order valence-corrected chi connectivity index (χ3v) is 7.23. The van der Waals surface area contributed by atoms with E-state index in [4.69, 9.17) is 0 Å². The van der Waals surface area contributed by atoms with Crippen molar-refractivity contribution in [1.82, 2.24) is 14.1 Å². The topological polar surface area (TPSA) is 60.9 Å². The highest BCUT2D eigenvalue weighted by atomic mass is 32.2. The molecular weight excluding hydrogens is 357 g/mol. The van der Waals surface area contributed by atoms with Gasteiger partial charge in [-0.25, -0.2) is 12.8 Å². The van der Waals surface area contributed by atoms with Gasteiger partial charge in [0.05, 0.1) is 6.54 Å². The Hall–Kier alpha value is -1.51. The van der Waals surface area contributed by atoms with Crippen molar-refractivity contribution in [2.75, 3.05) is 32.7 Å². The number of amides is 1. The highest BCUT2D eigenvalue weighted by molar-refractivity contribution is 7.89. The summed E-state index contributed by atoms with van der Waals surface area (Å²) in [5.74, 6) is -0.703. The zero-order valence-corrected chi connectivity index (χ0v) is 16.7. The van der Waals surface area contributed by atoms with Gasteiger partial charge in [-0.3, -0.25) is 9.69 Å². The number of halogens is 1. The van der Waals surface area contributed by atoms with Crippen LogP contribution in [0.4, 0.5) is 4.39 Å². The smallest absolute Gasteiger partial charge is 0.246 e. The average Bonchev–Trinajstić information content (AvgIpc) is 2.60. The molecular formula is C18H28FN3O3S. The number of hydrogen-bond acceptors (Lipinski definition) is 4. The summed E-state index contributed by atoms with van der Waals surface area (Å²) in [6, 6.07) is 4.92. The monoisotopic (exact) mass is 385 g/mol. The number of piperazine rings is 1. The molecule has 0 bridgehead atoms. The van der Waals surface area contributed by atoms with Crippen molar-refractivity contribution in [3.63, 3.8) is 0 Å². The summed E-state index contributed by atoms with van der Waals surface area (Å²) >= 11 is 0. The van der Waals surface area contributed by atoms with Gasteiger partial charge in [0.2, 0.25) is 15.9 Å². The normalized spacial score (nSPS) is 22.3. The van der Waals surface area contributed by atoms with Gasteiger partial charge >= 0.3 is 0 Å². The van der Waals surface area contributed by atoms with Crippen molar-refractivity contribution in [1.29, 1.82) is 0 Å². The zero-order valence-electron chi connectivity index (χ0n) is 15.9. The minimum atomic E-state index is -3.92. The van der Waals surface area contributed by atoms with E-state index in [0.29, 0.717) is 19.6 Å². The lowest BCUT2D eigenvalue weighted by molar-refractivity contribution is -0.133. The van der Waals surface area contributed by atoms with Gasteiger partial charge in [-0.1, -0.05) is 12.1 Å². The fourth-order valence-corrected chi connectivity index (χ4v) is 5.13. The fraction of sp³-hybridized carbons (Fsp3) is 0.611. The van der Waals surface area contributed by atoms with E-state index in [2.05, 4.69) is 0 Å². The molecule has 1 fully saturated rings. The largest absolute Gasteiger partial charge is 0.342 e. The Labute approximate surface area is 155 Å². The van der Waals surface area contributed by atoms with E-state index < -0.39 is 15.8 Å². The van der Waals surface area contributed by atoms with Gasteiger partial charge in [0.15, 0.2) is 0 Å². The Morgan fingerprint density at radius 3 is 2.35 bits per heavy atom. The van der Waals surface area contributed by atoms with Crippen LogP contribution >= 0.6 is 0 Å². The summed E-state index contributed by atoms with van der Waals surface area (Å²) in [5, 5.41) is 0. The second kappa shape index (κ2) is 8.45. The van der Waals surface area contributed by atoms with Crippen LogP contribution in [-0.2, 0) is 14.8 Å². The van der Waals surface area contributed by atoms with Crippen LogP contribution in [0.25, 0.3) is 0 Å². The van der Waals surface area contributed by atoms with E-state index in [1.807, 2.05) is 25.7 Å². The molecule has 26 heavy (non-hydrogen) atoms. The molecule has 1 saturated heterocycles. The Bertz CT molecular complexity index is 737. The molecule has 2 atom stereocenters. The second-order valence-electron chi connectivity index (χ2n) is 6.56. The molecule has 2 rings (SSSR count). The van der Waals surface area contributed by atoms with Crippen LogP contribution < -0.4 is 0 Å². The van der Waals surface area contributed by atoms with Crippen LogP contribution in [0.15, 0.2) is 29.2 Å². The van der Waals surface area contributed by atoms with Gasteiger partial charge in [-0.2, -0.15) is 4.31 Å². The Kier molecular flexibility index (Phi) is 6.76. The molecule has 8 heteroatoms. The number of likely N-dealkylation sites (N-methyl/N-ethyl adjacent to an activating group) is 1. The van der Waals surface area contributed by atoms with Crippen molar-refractivity contribution in [2.24, 2.45) is 0 Å². The first kappa shape index (κ1) is 20.8. The lowest BCUT2D eigenvalue weighted by atomic mass is 10.1. The van der Waals surface area contributed by atoms with Crippen molar-refractivity contribution in [3.05, 3.63) is 30.1 Å². The van der Waals surface area contributed by atoms with Crippen LogP contribution in [0, 0.1) is 5.82 Å². The summed E-state index contributed by atoms with van der Waals surface area (Å²) in [4.78, 5) is 15.8. The average molecular weight is 386 g/mol. The maximum atomic E-state index is 14.0. The highest BCUT2D eigenvalue weighted by Gasteiger charge is 2.39. The number of benzene rings is 1. The second-order valence-corrected chi connectivity index (χ2v) is 8.42. The van der Waals surface area contributed by atoms with Gasteiger partial charge in [-0.05, 0) is 39.8 Å². The third-order valence-electron chi connectivity index (χ3n) is 5.21. The number of hydrogen-bond donors (Lipinski definition) is 0. The van der Waals surface area contributed by atoms with E-state index in [1.54, 1.807) is 11.8 Å². The third kappa shape index (κ3) is 4.07. The highest BCUT2D eigenvalue weighted by Crippen LogP contribution is 2.26. The Morgan fingerprint density at radius 2 is 1.77 bits per heavy atom. The predicted octanol–water partition coefficient (Wildman–Crippen LogP) is 1.78. The van der Waals surface area contributed by atoms with Crippen molar-refractivity contribution >= 4 is 15.9 Å². The van der Waals surface area contributed by atoms with Gasteiger partial charge in [0.1, 0.15) is 10.7 Å². The summed E-state index contributed by atoms with van der Waals surface area (Å²) < 4.78 is 41.1. The molecule has 0 spiro atoms. The van der Waals surface area contributed by atoms with Crippen molar-refractivity contribution < 1.29 is 17.6 Å². The van der Waals surface area contributed by atoms with Crippen LogP contribution in [0.5, 0.6) is 0 Å². The van der Waals surface area contributed by atoms with Crippen LogP contribution in [0.1, 0.15) is 27.7 Å². The molecule has 0 saturated carbocycles. The molecule has 6 nitrogen and oxygen atoms in total. The predicted molar refractivity (Wildman–Crippen MR) is 98.7 cm³/mol. The van der Waals surface area contributed by atoms with Crippen LogP contribution in [0.2, 0.25) is 0 Å². The molecule has 146 valence electrons. The Morgan fingerprint density at radius 1 is 1.15 bits per heavy atom. The maximum Gasteiger partial charge on any atom is 0.246 e. The van der Waals surface area contributed by atoms with E-state index >= 15 is 0 Å². The van der Waals surface area contributed by atoms with Crippen LogP contribution in [-0.4, -0.2) is 73.2 Å². The minimum absolute atomic E-state index is 0.0412. The SMILES string of the molecule is CCN(CC)C(=O)CN1CCN(S(=O)(=O)c2ccccc2F)[C@H](C)[C@H]1C. The van der Waals surface area contributed by atoms with Gasteiger partial charge in [0, 0.05) is 38.3 Å². The van der Waals surface area contributed by atoms with Gasteiger partial charge < -0.3 is 4.90 Å². The van der Waals surface area contributed by atoms with E-state index in [1.165, 1.54) is 22.5 Å². The quantitative estimate of drug-likeness (QED) is 0.749. The van der Waals surface area contributed by atoms with Crippen molar-refractivity contribution in [3.8, 4) is 0 Å². The Balaban J connectivity index is 2.16. The number of sulfonamides is 1. The number of nitrogens with zero attached hydrogens (tertiary/aromatic N) is 3. The number of carbonyl (C=O) groups excluding carboxylic acids is 1. The van der Waals surface area contributed by atoms with Gasteiger partial charge in [0.25, 0.3) is 0 Å². The molecule has 0 aromatic heterocycles. The summed E-state index contributed by atoms with van der Waals surface area (Å²) in [5.41, 5.74) is 0. The lowest BCUT2D eigenvalue weighted by Crippen LogP contribution is -2.60. The summed E-state index contributed by atoms with van der Waals surface area (Å²) in [6.45, 7) is 9.82. The molecule has 1 aromatic rings. The fourth-order valence-electron chi connectivity index (χ4n) is 3.37. The van der Waals surface area contributed by atoms with E-state index in [9.17, 15) is 17.6 Å². The van der Waals surface area contributed by atoms with Crippen molar-refractivity contribution in [2.45, 2.75) is 44.7 Å². The maximum absolute atomic E-state index is 14.0. The molecule has 0 N–H and O–H groups in total. The first-order chi connectivity index (χ1) is 12.2. The van der Waals surface area contributed by atoms with Crippen LogP contribution in [0.3, 0.4) is 0 Å². The molecule has 1 heterocycles. The zero-order chi connectivity index (χ0) is 19.5. The minimum Gasteiger partial charge on any atom is -0.342 e. The summed E-state index contributed by atoms with van der Waals surface area (Å²) in [6.07, 6.45) is 0. The molecule has 0 unspecified atom stereocenters.